The van der Waals surface area contributed by atoms with Gasteiger partial charge >= 0.3 is 0 Å². The maximum absolute atomic E-state index is 13.2. The Balaban J connectivity index is 1.03. The highest BCUT2D eigenvalue weighted by atomic mass is 32.2. The quantitative estimate of drug-likeness (QED) is 0.253. The van der Waals surface area contributed by atoms with Gasteiger partial charge in [-0.25, -0.2) is 0 Å². The lowest BCUT2D eigenvalue weighted by Gasteiger charge is -2.41. The number of H-pyrrole nitrogens is 1. The van der Waals surface area contributed by atoms with Gasteiger partial charge in [-0.15, -0.1) is 0 Å². The van der Waals surface area contributed by atoms with Crippen molar-refractivity contribution in [3.05, 3.63) is 51.1 Å². The predicted molar refractivity (Wildman–Crippen MR) is 188 cm³/mol. The first-order valence-corrected chi connectivity index (χ1v) is 20.3. The van der Waals surface area contributed by atoms with Crippen LogP contribution in [0.2, 0.25) is 18.1 Å². The summed E-state index contributed by atoms with van der Waals surface area (Å²) in [7, 11) is -1.96. The molecule has 1 saturated heterocycles. The fourth-order valence-electron chi connectivity index (χ4n) is 6.61. The molecule has 45 heavy (non-hydrogen) atoms. The molecule has 4 heterocycles. The fourth-order valence-corrected chi connectivity index (χ4v) is 8.76. The molecule has 1 aromatic heterocycles. The number of ether oxygens (including phenoxy) is 1. The zero-order valence-electron chi connectivity index (χ0n) is 28.6. The number of thioether (sulfide) groups is 1. The smallest absolute Gasteiger partial charge is 0.258 e. The highest BCUT2D eigenvalue weighted by molar-refractivity contribution is 8.04. The molecule has 3 aromatic rings. The lowest BCUT2D eigenvalue weighted by Crippen LogP contribution is -2.47. The normalized spacial score (nSPS) is 20.9. The van der Waals surface area contributed by atoms with Gasteiger partial charge in [-0.2, -0.15) is 5.10 Å². The standard InChI is InChI=1S/C36H50N4O3SSi/c1-22-23(2)33-26(24(3)32(22)43-45(8,9)35(4,5)6)13-16-36(7,42-33)17-20-40-18-14-25(15-19-40)37-34(41)30-21-28-31-27(38-39-28)11-10-12-29(31)44-30/h10-12,21,25H,13-20H2,1-9H3,(H,37,41)(H,38,39). The monoisotopic (exact) mass is 646 g/mol. The Morgan fingerprint density at radius 3 is 2.62 bits per heavy atom. The minimum absolute atomic E-state index is 0.0105. The van der Waals surface area contributed by atoms with Crippen LogP contribution >= 0.6 is 11.8 Å². The molecule has 1 fully saturated rings. The van der Waals surface area contributed by atoms with Gasteiger partial charge in [-0.3, -0.25) is 9.89 Å². The number of benzene rings is 2. The van der Waals surface area contributed by atoms with Gasteiger partial charge in [0.15, 0.2) is 0 Å². The third kappa shape index (κ3) is 6.20. The van der Waals surface area contributed by atoms with Crippen LogP contribution in [-0.2, 0) is 11.2 Å². The summed E-state index contributed by atoms with van der Waals surface area (Å²) in [4.78, 5) is 17.6. The van der Waals surface area contributed by atoms with Crippen molar-refractivity contribution in [1.82, 2.24) is 20.4 Å². The molecule has 9 heteroatoms. The summed E-state index contributed by atoms with van der Waals surface area (Å²) in [6, 6.07) is 6.24. The molecule has 0 spiro atoms. The van der Waals surface area contributed by atoms with Crippen molar-refractivity contribution in [1.29, 1.82) is 0 Å². The number of aromatic nitrogens is 2. The summed E-state index contributed by atoms with van der Waals surface area (Å²) in [5, 5.41) is 12.0. The first-order valence-electron chi connectivity index (χ1n) is 16.6. The molecule has 6 rings (SSSR count). The molecule has 7 nitrogen and oxygen atoms in total. The molecule has 0 bridgehead atoms. The van der Waals surface area contributed by atoms with Crippen molar-refractivity contribution in [2.75, 3.05) is 19.6 Å². The number of aromatic amines is 1. The summed E-state index contributed by atoms with van der Waals surface area (Å²) in [5.74, 6) is 2.18. The van der Waals surface area contributed by atoms with Crippen LogP contribution in [0, 0.1) is 20.8 Å². The van der Waals surface area contributed by atoms with Gasteiger partial charge in [0.2, 0.25) is 0 Å². The summed E-state index contributed by atoms with van der Waals surface area (Å²) in [6.45, 7) is 23.4. The van der Waals surface area contributed by atoms with Crippen LogP contribution in [0.15, 0.2) is 28.0 Å². The minimum Gasteiger partial charge on any atom is -0.543 e. The number of hydrogen-bond donors (Lipinski definition) is 2. The van der Waals surface area contributed by atoms with Gasteiger partial charge in [-0.05, 0) is 113 Å². The van der Waals surface area contributed by atoms with Crippen molar-refractivity contribution >= 4 is 43.0 Å². The van der Waals surface area contributed by atoms with E-state index < -0.39 is 8.32 Å². The molecule has 1 amide bonds. The highest BCUT2D eigenvalue weighted by Gasteiger charge is 2.41. The second kappa shape index (κ2) is 11.8. The van der Waals surface area contributed by atoms with Crippen LogP contribution in [0.25, 0.3) is 17.0 Å². The van der Waals surface area contributed by atoms with E-state index in [1.807, 2.05) is 18.2 Å². The van der Waals surface area contributed by atoms with E-state index in [0.29, 0.717) is 0 Å². The Kier molecular flexibility index (Phi) is 8.44. The van der Waals surface area contributed by atoms with E-state index in [0.717, 1.165) is 89.6 Å². The van der Waals surface area contributed by atoms with E-state index in [4.69, 9.17) is 9.16 Å². The van der Waals surface area contributed by atoms with Gasteiger partial charge in [-0.1, -0.05) is 38.6 Å². The molecule has 242 valence electrons. The molecule has 0 radical (unpaired) electrons. The number of carbonyl (C=O) groups excluding carboxylic acids is 1. The SMILES string of the molecule is Cc1c(C)c2c(c(C)c1O[Si](C)(C)C(C)(C)C)CCC(C)(CCN1CCC(NC(=O)C3=Cc4[nH]nc5cccc(c45)S3)CC1)O2. The van der Waals surface area contributed by atoms with Crippen molar-refractivity contribution in [2.24, 2.45) is 0 Å². The fraction of sp³-hybridized carbons (Fsp3) is 0.556. The number of rotatable bonds is 7. The summed E-state index contributed by atoms with van der Waals surface area (Å²) < 4.78 is 13.8. The Labute approximate surface area is 274 Å². The van der Waals surface area contributed by atoms with Crippen LogP contribution in [0.5, 0.6) is 11.5 Å². The van der Waals surface area contributed by atoms with E-state index >= 15 is 0 Å². The molecule has 2 N–H and O–H groups in total. The number of nitrogens with zero attached hydrogens (tertiary/aromatic N) is 2. The number of amides is 1. The van der Waals surface area contributed by atoms with Crippen LogP contribution < -0.4 is 14.5 Å². The first-order chi connectivity index (χ1) is 21.2. The molecular weight excluding hydrogens is 597 g/mol. The lowest BCUT2D eigenvalue weighted by molar-refractivity contribution is -0.117. The number of piperidine rings is 1. The van der Waals surface area contributed by atoms with E-state index in [-0.39, 0.29) is 22.6 Å². The number of fused-ring (bicyclic) bond motifs is 1. The van der Waals surface area contributed by atoms with Crippen LogP contribution in [0.1, 0.15) is 81.3 Å². The molecular formula is C36H50N4O3SSi. The second-order valence-electron chi connectivity index (χ2n) is 15.2. The molecule has 1 atom stereocenters. The summed E-state index contributed by atoms with van der Waals surface area (Å²) in [6.07, 6.45) is 6.88. The number of likely N-dealkylation sites (tertiary alicyclic amines) is 1. The van der Waals surface area contributed by atoms with Gasteiger partial charge in [0.1, 0.15) is 17.1 Å². The molecule has 2 aromatic carbocycles. The zero-order chi connectivity index (χ0) is 32.3. The van der Waals surface area contributed by atoms with Crippen molar-refractivity contribution in [2.45, 2.75) is 115 Å². The molecule has 0 aliphatic carbocycles. The van der Waals surface area contributed by atoms with Gasteiger partial charge in [0, 0.05) is 41.5 Å². The van der Waals surface area contributed by atoms with E-state index in [1.54, 1.807) is 0 Å². The zero-order valence-corrected chi connectivity index (χ0v) is 30.4. The number of nitrogens with one attached hydrogen (secondary N) is 2. The minimum atomic E-state index is -1.96. The second-order valence-corrected chi connectivity index (χ2v) is 21.0. The third-order valence-corrected chi connectivity index (χ3v) is 16.3. The maximum atomic E-state index is 13.2. The van der Waals surface area contributed by atoms with E-state index in [9.17, 15) is 4.79 Å². The number of hydrogen-bond acceptors (Lipinski definition) is 6. The Hall–Kier alpha value is -2.75. The van der Waals surface area contributed by atoms with Crippen molar-refractivity contribution in [3.63, 3.8) is 0 Å². The Morgan fingerprint density at radius 2 is 1.91 bits per heavy atom. The van der Waals surface area contributed by atoms with Crippen molar-refractivity contribution in [3.8, 4) is 11.5 Å². The Bertz CT molecular complexity index is 1660. The predicted octanol–water partition coefficient (Wildman–Crippen LogP) is 8.07. The average Bonchev–Trinajstić information content (AvgIpc) is 3.41. The van der Waals surface area contributed by atoms with E-state index in [1.165, 1.54) is 34.0 Å². The van der Waals surface area contributed by atoms with Gasteiger partial charge < -0.3 is 19.4 Å². The molecule has 3 aliphatic rings. The molecule has 1 unspecified atom stereocenters. The highest BCUT2D eigenvalue weighted by Crippen LogP contribution is 2.47. The van der Waals surface area contributed by atoms with Crippen LogP contribution in [0.4, 0.5) is 0 Å². The van der Waals surface area contributed by atoms with Crippen molar-refractivity contribution < 1.29 is 14.0 Å². The van der Waals surface area contributed by atoms with Gasteiger partial charge in [0.05, 0.1) is 16.1 Å². The molecule has 3 aliphatic heterocycles. The third-order valence-electron chi connectivity index (χ3n) is 10.9. The first kappa shape index (κ1) is 32.2. The topological polar surface area (TPSA) is 79.5 Å². The maximum Gasteiger partial charge on any atom is 0.258 e. The largest absolute Gasteiger partial charge is 0.543 e. The van der Waals surface area contributed by atoms with Crippen LogP contribution in [0.3, 0.4) is 0 Å². The summed E-state index contributed by atoms with van der Waals surface area (Å²) >= 11 is 1.54. The van der Waals surface area contributed by atoms with Crippen LogP contribution in [-0.4, -0.2) is 60.6 Å². The Morgan fingerprint density at radius 1 is 1.18 bits per heavy atom. The van der Waals surface area contributed by atoms with E-state index in [2.05, 4.69) is 88.0 Å². The summed E-state index contributed by atoms with van der Waals surface area (Å²) in [5.41, 5.74) is 6.69. The lowest BCUT2D eigenvalue weighted by atomic mass is 9.85. The molecule has 0 saturated carbocycles. The average molecular weight is 647 g/mol. The van der Waals surface area contributed by atoms with Gasteiger partial charge in [0.25, 0.3) is 14.2 Å². The number of carbonyl (C=O) groups is 1.